The van der Waals surface area contributed by atoms with E-state index in [2.05, 4.69) is 12.1 Å². The van der Waals surface area contributed by atoms with E-state index in [1.165, 1.54) is 15.9 Å². The summed E-state index contributed by atoms with van der Waals surface area (Å²) in [5.41, 5.74) is 4.02. The van der Waals surface area contributed by atoms with Gasteiger partial charge in [-0.3, -0.25) is 9.18 Å². The van der Waals surface area contributed by atoms with Crippen LogP contribution in [0.4, 0.5) is 4.39 Å². The van der Waals surface area contributed by atoms with Crippen LogP contribution in [0.1, 0.15) is 23.6 Å². The molecule has 0 amide bonds. The molecule has 0 radical (unpaired) electrons. The Kier molecular flexibility index (Phi) is 5.84. The number of halogens is 1. The number of aromatic nitrogens is 1. The van der Waals surface area contributed by atoms with E-state index < -0.39 is 6.67 Å². The van der Waals surface area contributed by atoms with Gasteiger partial charge in [0.05, 0.1) is 19.1 Å². The van der Waals surface area contributed by atoms with E-state index in [0.29, 0.717) is 17.7 Å². The standard InChI is InChI=1S/C22H22FNO2/c1-2-26-24-15-20(12-13-23)22(25)21(16-24)19-10-8-18(9-11-19)14-17-6-4-3-5-7-17/h3-11,15-16H,2,12-14H2,1H3. The van der Waals surface area contributed by atoms with Crippen molar-refractivity contribution in [2.24, 2.45) is 0 Å². The Hall–Kier alpha value is -2.88. The molecule has 0 saturated carbocycles. The summed E-state index contributed by atoms with van der Waals surface area (Å²) in [5, 5.41) is 0. The molecule has 2 aromatic carbocycles. The van der Waals surface area contributed by atoms with Crippen LogP contribution in [0.15, 0.2) is 71.8 Å². The summed E-state index contributed by atoms with van der Waals surface area (Å²) in [7, 11) is 0. The lowest BCUT2D eigenvalue weighted by molar-refractivity contribution is 0.120. The lowest BCUT2D eigenvalue weighted by Gasteiger charge is -2.12. The zero-order chi connectivity index (χ0) is 18.4. The summed E-state index contributed by atoms with van der Waals surface area (Å²) in [6, 6.07) is 18.1. The fourth-order valence-corrected chi connectivity index (χ4v) is 2.95. The van der Waals surface area contributed by atoms with Crippen LogP contribution < -0.4 is 10.3 Å². The molecule has 0 N–H and O–H groups in total. The van der Waals surface area contributed by atoms with E-state index >= 15 is 0 Å². The molecule has 0 fully saturated rings. The van der Waals surface area contributed by atoms with Crippen molar-refractivity contribution < 1.29 is 9.23 Å². The van der Waals surface area contributed by atoms with Crippen molar-refractivity contribution in [3.05, 3.63) is 93.9 Å². The Bertz CT molecular complexity index is 902. The van der Waals surface area contributed by atoms with E-state index in [1.54, 1.807) is 12.4 Å². The normalized spacial score (nSPS) is 10.7. The van der Waals surface area contributed by atoms with Crippen LogP contribution in [-0.4, -0.2) is 18.0 Å². The molecule has 0 aliphatic rings. The quantitative estimate of drug-likeness (QED) is 0.643. The van der Waals surface area contributed by atoms with Crippen LogP contribution in [0, 0.1) is 0 Å². The molecular weight excluding hydrogens is 329 g/mol. The van der Waals surface area contributed by atoms with Gasteiger partial charge in [-0.2, -0.15) is 4.73 Å². The maximum Gasteiger partial charge on any atom is 0.192 e. The van der Waals surface area contributed by atoms with E-state index in [0.717, 1.165) is 12.0 Å². The monoisotopic (exact) mass is 351 g/mol. The molecule has 4 heteroatoms. The van der Waals surface area contributed by atoms with Gasteiger partial charge >= 0.3 is 0 Å². The van der Waals surface area contributed by atoms with Gasteiger partial charge in [-0.1, -0.05) is 54.6 Å². The fraction of sp³-hybridized carbons (Fsp3) is 0.227. The summed E-state index contributed by atoms with van der Waals surface area (Å²) < 4.78 is 14.3. The van der Waals surface area contributed by atoms with Crippen molar-refractivity contribution in [2.75, 3.05) is 13.3 Å². The summed E-state index contributed by atoms with van der Waals surface area (Å²) in [6.07, 6.45) is 4.16. The van der Waals surface area contributed by atoms with Gasteiger partial charge in [0.2, 0.25) is 0 Å². The van der Waals surface area contributed by atoms with Crippen molar-refractivity contribution in [3.63, 3.8) is 0 Å². The van der Waals surface area contributed by atoms with Crippen LogP contribution in [0.25, 0.3) is 11.1 Å². The smallest absolute Gasteiger partial charge is 0.192 e. The average Bonchev–Trinajstić information content (AvgIpc) is 2.66. The summed E-state index contributed by atoms with van der Waals surface area (Å²) in [5.74, 6) is 0. The predicted molar refractivity (Wildman–Crippen MR) is 102 cm³/mol. The summed E-state index contributed by atoms with van der Waals surface area (Å²) in [6.45, 7) is 1.76. The first-order valence-electron chi connectivity index (χ1n) is 8.79. The number of nitrogens with zero attached hydrogens (tertiary/aromatic N) is 1. The van der Waals surface area contributed by atoms with Gasteiger partial charge in [0, 0.05) is 17.5 Å². The van der Waals surface area contributed by atoms with Gasteiger partial charge < -0.3 is 4.84 Å². The van der Waals surface area contributed by atoms with Crippen molar-refractivity contribution in [1.82, 2.24) is 4.73 Å². The molecule has 0 bridgehead atoms. The molecule has 0 spiro atoms. The molecule has 3 rings (SSSR count). The molecule has 0 saturated heterocycles. The third-order valence-corrected chi connectivity index (χ3v) is 4.23. The van der Waals surface area contributed by atoms with E-state index in [9.17, 15) is 9.18 Å². The summed E-state index contributed by atoms with van der Waals surface area (Å²) >= 11 is 0. The van der Waals surface area contributed by atoms with Crippen molar-refractivity contribution in [2.45, 2.75) is 19.8 Å². The minimum absolute atomic E-state index is 0.0891. The maximum absolute atomic E-state index is 12.8. The van der Waals surface area contributed by atoms with Crippen LogP contribution in [0.2, 0.25) is 0 Å². The SMILES string of the molecule is CCOn1cc(CCF)c(=O)c(-c2ccc(Cc3ccccc3)cc2)c1. The van der Waals surface area contributed by atoms with Gasteiger partial charge in [-0.05, 0) is 30.0 Å². The van der Waals surface area contributed by atoms with Gasteiger partial charge in [0.25, 0.3) is 0 Å². The number of rotatable bonds is 7. The topological polar surface area (TPSA) is 31.2 Å². The largest absolute Gasteiger partial charge is 0.415 e. The molecule has 0 atom stereocenters. The van der Waals surface area contributed by atoms with Crippen molar-refractivity contribution >= 4 is 0 Å². The average molecular weight is 351 g/mol. The zero-order valence-electron chi connectivity index (χ0n) is 14.8. The van der Waals surface area contributed by atoms with Crippen LogP contribution in [-0.2, 0) is 12.8 Å². The molecule has 1 aromatic heterocycles. The third kappa shape index (κ3) is 4.20. The second-order valence-electron chi connectivity index (χ2n) is 6.10. The third-order valence-electron chi connectivity index (χ3n) is 4.23. The van der Waals surface area contributed by atoms with Gasteiger partial charge in [-0.25, -0.2) is 0 Å². The number of pyridine rings is 1. The molecule has 3 nitrogen and oxygen atoms in total. The van der Waals surface area contributed by atoms with Gasteiger partial charge in [0.1, 0.15) is 6.61 Å². The zero-order valence-corrected chi connectivity index (χ0v) is 14.8. The second-order valence-corrected chi connectivity index (χ2v) is 6.10. The molecule has 134 valence electrons. The number of hydrogen-bond acceptors (Lipinski definition) is 2. The van der Waals surface area contributed by atoms with Gasteiger partial charge in [0.15, 0.2) is 5.43 Å². The Morgan fingerprint density at radius 1 is 0.962 bits per heavy atom. The lowest BCUT2D eigenvalue weighted by atomic mass is 10.00. The first kappa shape index (κ1) is 17.9. The highest BCUT2D eigenvalue weighted by atomic mass is 19.1. The Labute approximate surface area is 152 Å². The van der Waals surface area contributed by atoms with E-state index in [-0.39, 0.29) is 11.8 Å². The fourth-order valence-electron chi connectivity index (χ4n) is 2.95. The second kappa shape index (κ2) is 8.48. The van der Waals surface area contributed by atoms with Crippen LogP contribution >= 0.6 is 0 Å². The minimum atomic E-state index is -0.569. The van der Waals surface area contributed by atoms with Crippen molar-refractivity contribution in [1.29, 1.82) is 0 Å². The predicted octanol–water partition coefficient (Wildman–Crippen LogP) is 4.07. The highest BCUT2D eigenvalue weighted by molar-refractivity contribution is 5.63. The van der Waals surface area contributed by atoms with Gasteiger partial charge in [-0.15, -0.1) is 0 Å². The highest BCUT2D eigenvalue weighted by Crippen LogP contribution is 2.19. The van der Waals surface area contributed by atoms with Crippen LogP contribution in [0.3, 0.4) is 0 Å². The number of benzene rings is 2. The minimum Gasteiger partial charge on any atom is -0.415 e. The molecule has 0 unspecified atom stereocenters. The Morgan fingerprint density at radius 2 is 1.65 bits per heavy atom. The molecule has 26 heavy (non-hydrogen) atoms. The van der Waals surface area contributed by atoms with Crippen LogP contribution in [0.5, 0.6) is 0 Å². The van der Waals surface area contributed by atoms with Crippen molar-refractivity contribution in [3.8, 4) is 11.1 Å². The maximum atomic E-state index is 12.8. The molecule has 0 aliphatic heterocycles. The molecule has 3 aromatic rings. The van der Waals surface area contributed by atoms with E-state index in [4.69, 9.17) is 4.84 Å². The number of aryl methyl sites for hydroxylation is 1. The lowest BCUT2D eigenvalue weighted by Crippen LogP contribution is -2.20. The number of hydrogen-bond donors (Lipinski definition) is 0. The number of alkyl halides is 1. The Morgan fingerprint density at radius 3 is 2.31 bits per heavy atom. The van der Waals surface area contributed by atoms with E-state index in [1.807, 2.05) is 49.4 Å². The Balaban J connectivity index is 1.91. The molecular formula is C22H22FNO2. The molecule has 0 aliphatic carbocycles. The first-order chi connectivity index (χ1) is 12.7. The molecule has 1 heterocycles. The first-order valence-corrected chi connectivity index (χ1v) is 8.79. The summed E-state index contributed by atoms with van der Waals surface area (Å²) in [4.78, 5) is 18.1. The highest BCUT2D eigenvalue weighted by Gasteiger charge is 2.11.